The van der Waals surface area contributed by atoms with E-state index in [0.717, 1.165) is 12.8 Å². The van der Waals surface area contributed by atoms with E-state index in [1.807, 2.05) is 0 Å². The maximum absolute atomic E-state index is 11.7. The van der Waals surface area contributed by atoms with Crippen LogP contribution < -0.4 is 5.56 Å². The summed E-state index contributed by atoms with van der Waals surface area (Å²) in [4.78, 5) is 22.7. The molecule has 0 bridgehead atoms. The molecule has 0 spiro atoms. The zero-order valence-corrected chi connectivity index (χ0v) is 12.4. The summed E-state index contributed by atoms with van der Waals surface area (Å²) in [5, 5.41) is 0. The second-order valence-corrected chi connectivity index (χ2v) is 5.32. The molecule has 110 valence electrons. The summed E-state index contributed by atoms with van der Waals surface area (Å²) in [6.45, 7) is 4.41. The van der Waals surface area contributed by atoms with Crippen LogP contribution in [0.15, 0.2) is 17.4 Å². The van der Waals surface area contributed by atoms with Gasteiger partial charge >= 0.3 is 0 Å². The maximum atomic E-state index is 11.7. The molecule has 1 atom stereocenters. The van der Waals surface area contributed by atoms with Crippen molar-refractivity contribution in [2.24, 2.45) is 0 Å². The molecule has 0 aliphatic carbocycles. The fourth-order valence-electron chi connectivity index (χ4n) is 2.65. The number of unbranched alkanes of at least 4 members (excludes halogenated alkanes) is 4. The maximum Gasteiger partial charge on any atom is 0.278 e. The molecular formula is C15H24N4O. The van der Waals surface area contributed by atoms with Gasteiger partial charge in [-0.25, -0.2) is 9.97 Å². The van der Waals surface area contributed by atoms with E-state index in [1.54, 1.807) is 6.33 Å². The van der Waals surface area contributed by atoms with Crippen molar-refractivity contribution in [2.75, 3.05) is 0 Å². The molecule has 0 amide bonds. The van der Waals surface area contributed by atoms with Crippen LogP contribution in [-0.2, 0) is 0 Å². The SMILES string of the molecule is CCCCCCCC(CC)n1cnc2c(=O)[nH]cnc21. The molecule has 2 rings (SSSR count). The van der Waals surface area contributed by atoms with Gasteiger partial charge in [0.25, 0.3) is 5.56 Å². The first-order valence-corrected chi connectivity index (χ1v) is 7.68. The van der Waals surface area contributed by atoms with Gasteiger partial charge in [0.15, 0.2) is 11.2 Å². The van der Waals surface area contributed by atoms with Crippen molar-refractivity contribution >= 4 is 11.2 Å². The number of nitrogens with zero attached hydrogens (tertiary/aromatic N) is 3. The summed E-state index contributed by atoms with van der Waals surface area (Å²) in [5.41, 5.74) is 0.984. The quantitative estimate of drug-likeness (QED) is 0.751. The third-order valence-corrected chi connectivity index (χ3v) is 3.87. The summed E-state index contributed by atoms with van der Waals surface area (Å²) < 4.78 is 2.06. The van der Waals surface area contributed by atoms with Crippen LogP contribution >= 0.6 is 0 Å². The van der Waals surface area contributed by atoms with Crippen LogP contribution in [0.4, 0.5) is 0 Å². The van der Waals surface area contributed by atoms with E-state index in [0.29, 0.717) is 17.2 Å². The number of aromatic nitrogens is 4. The normalized spacial score (nSPS) is 12.9. The minimum absolute atomic E-state index is 0.161. The van der Waals surface area contributed by atoms with E-state index in [9.17, 15) is 4.79 Å². The van der Waals surface area contributed by atoms with Crippen molar-refractivity contribution in [2.45, 2.75) is 64.8 Å². The molecule has 1 unspecified atom stereocenters. The molecule has 0 aliphatic rings. The lowest BCUT2D eigenvalue weighted by molar-refractivity contribution is 0.433. The molecule has 0 saturated carbocycles. The van der Waals surface area contributed by atoms with Gasteiger partial charge in [-0.15, -0.1) is 0 Å². The number of hydrogen-bond acceptors (Lipinski definition) is 3. The second kappa shape index (κ2) is 7.22. The Balaban J connectivity index is 2.06. The molecule has 0 aliphatic heterocycles. The number of nitrogens with one attached hydrogen (secondary N) is 1. The first kappa shape index (κ1) is 14.8. The van der Waals surface area contributed by atoms with E-state index in [-0.39, 0.29) is 5.56 Å². The van der Waals surface area contributed by atoms with Crippen molar-refractivity contribution in [3.63, 3.8) is 0 Å². The standard InChI is InChI=1S/C15H24N4O/c1-3-5-6-7-8-9-12(4-2)19-11-18-13-14(19)16-10-17-15(13)20/h10-12H,3-9H2,1-2H3,(H,16,17,20). The van der Waals surface area contributed by atoms with Gasteiger partial charge in [-0.3, -0.25) is 4.79 Å². The zero-order chi connectivity index (χ0) is 14.4. The third kappa shape index (κ3) is 3.26. The predicted octanol–water partition coefficient (Wildman–Crippen LogP) is 3.43. The van der Waals surface area contributed by atoms with Gasteiger partial charge in [0.1, 0.15) is 0 Å². The van der Waals surface area contributed by atoms with E-state index >= 15 is 0 Å². The smallest absolute Gasteiger partial charge is 0.278 e. The fourth-order valence-corrected chi connectivity index (χ4v) is 2.65. The largest absolute Gasteiger partial charge is 0.312 e. The van der Waals surface area contributed by atoms with Gasteiger partial charge in [0, 0.05) is 6.04 Å². The molecule has 20 heavy (non-hydrogen) atoms. The molecule has 0 saturated heterocycles. The highest BCUT2D eigenvalue weighted by Crippen LogP contribution is 2.22. The van der Waals surface area contributed by atoms with Crippen LogP contribution in [0.1, 0.15) is 64.8 Å². The molecule has 2 aromatic heterocycles. The highest BCUT2D eigenvalue weighted by Gasteiger charge is 2.14. The van der Waals surface area contributed by atoms with Crippen molar-refractivity contribution in [3.05, 3.63) is 23.0 Å². The number of imidazole rings is 1. The van der Waals surface area contributed by atoms with Crippen LogP contribution in [0.2, 0.25) is 0 Å². The Bertz CT molecular complexity index is 587. The molecule has 5 heteroatoms. The summed E-state index contributed by atoms with van der Waals surface area (Å²) in [7, 11) is 0. The van der Waals surface area contributed by atoms with Crippen LogP contribution in [0, 0.1) is 0 Å². The highest BCUT2D eigenvalue weighted by molar-refractivity contribution is 5.68. The summed E-state index contributed by atoms with van der Waals surface area (Å²) >= 11 is 0. The predicted molar refractivity (Wildman–Crippen MR) is 80.9 cm³/mol. The Kier molecular flexibility index (Phi) is 5.32. The van der Waals surface area contributed by atoms with Gasteiger partial charge < -0.3 is 9.55 Å². The number of fused-ring (bicyclic) bond motifs is 1. The minimum atomic E-state index is -0.161. The molecule has 0 fully saturated rings. The topological polar surface area (TPSA) is 63.6 Å². The van der Waals surface area contributed by atoms with Gasteiger partial charge in [0.2, 0.25) is 0 Å². The van der Waals surface area contributed by atoms with E-state index in [4.69, 9.17) is 0 Å². The Labute approximate surface area is 119 Å². The Morgan fingerprint density at radius 1 is 1.20 bits per heavy atom. The monoisotopic (exact) mass is 276 g/mol. The second-order valence-electron chi connectivity index (χ2n) is 5.32. The van der Waals surface area contributed by atoms with Crippen molar-refractivity contribution in [1.82, 2.24) is 19.5 Å². The van der Waals surface area contributed by atoms with Gasteiger partial charge in [-0.05, 0) is 12.8 Å². The summed E-state index contributed by atoms with van der Waals surface area (Å²) in [6.07, 6.45) is 11.8. The average Bonchev–Trinajstić information content (AvgIpc) is 2.88. The molecule has 2 aromatic rings. The van der Waals surface area contributed by atoms with Gasteiger partial charge in [0.05, 0.1) is 12.7 Å². The summed E-state index contributed by atoms with van der Waals surface area (Å²) in [5.74, 6) is 0. The van der Waals surface area contributed by atoms with Crippen molar-refractivity contribution in [1.29, 1.82) is 0 Å². The Morgan fingerprint density at radius 3 is 2.75 bits per heavy atom. The van der Waals surface area contributed by atoms with Crippen LogP contribution in [0.25, 0.3) is 11.2 Å². The first-order chi connectivity index (χ1) is 9.77. The molecular weight excluding hydrogens is 252 g/mol. The average molecular weight is 276 g/mol. The molecule has 1 N–H and O–H groups in total. The zero-order valence-electron chi connectivity index (χ0n) is 12.4. The molecule has 5 nitrogen and oxygen atoms in total. The number of hydrogen-bond donors (Lipinski definition) is 1. The third-order valence-electron chi connectivity index (χ3n) is 3.87. The van der Waals surface area contributed by atoms with E-state index < -0.39 is 0 Å². The molecule has 2 heterocycles. The van der Waals surface area contributed by atoms with E-state index in [2.05, 4.69) is 33.4 Å². The number of rotatable bonds is 8. The number of aromatic amines is 1. The Hall–Kier alpha value is -1.65. The molecule has 0 radical (unpaired) electrons. The van der Waals surface area contributed by atoms with E-state index in [1.165, 1.54) is 38.4 Å². The lowest BCUT2D eigenvalue weighted by atomic mass is 10.0. The lowest BCUT2D eigenvalue weighted by Gasteiger charge is -2.16. The van der Waals surface area contributed by atoms with Gasteiger partial charge in [-0.1, -0.05) is 46.0 Å². The van der Waals surface area contributed by atoms with Crippen LogP contribution in [0.5, 0.6) is 0 Å². The van der Waals surface area contributed by atoms with Gasteiger partial charge in [-0.2, -0.15) is 0 Å². The van der Waals surface area contributed by atoms with Crippen molar-refractivity contribution in [3.8, 4) is 0 Å². The summed E-state index contributed by atoms with van der Waals surface area (Å²) in [6, 6.07) is 0.385. The minimum Gasteiger partial charge on any atom is -0.312 e. The Morgan fingerprint density at radius 2 is 2.00 bits per heavy atom. The lowest BCUT2D eigenvalue weighted by Crippen LogP contribution is -2.11. The van der Waals surface area contributed by atoms with Crippen molar-refractivity contribution < 1.29 is 0 Å². The number of H-pyrrole nitrogens is 1. The highest BCUT2D eigenvalue weighted by atomic mass is 16.1. The van der Waals surface area contributed by atoms with Crippen LogP contribution in [0.3, 0.4) is 0 Å². The molecule has 0 aromatic carbocycles. The fraction of sp³-hybridized carbons (Fsp3) is 0.667. The first-order valence-electron chi connectivity index (χ1n) is 7.68. The van der Waals surface area contributed by atoms with Crippen LogP contribution in [-0.4, -0.2) is 19.5 Å².